The largest absolute Gasteiger partial charge is 0.459 e. The van der Waals surface area contributed by atoms with Crippen molar-refractivity contribution in [1.82, 2.24) is 15.2 Å². The fourth-order valence-corrected chi connectivity index (χ4v) is 9.45. The van der Waals surface area contributed by atoms with Gasteiger partial charge in [0.1, 0.15) is 29.5 Å². The molecule has 12 heteroatoms. The first-order valence-corrected chi connectivity index (χ1v) is 20.3. The number of aromatic nitrogens is 1. The van der Waals surface area contributed by atoms with Crippen LogP contribution in [0.15, 0.2) is 48.7 Å². The molecular formula is C44H65N3O9. The quantitative estimate of drug-likeness (QED) is 0.140. The minimum atomic E-state index is -1.26. The predicted octanol–water partition coefficient (Wildman–Crippen LogP) is 5.28. The Balaban J connectivity index is 1.49. The van der Waals surface area contributed by atoms with Crippen LogP contribution in [0.25, 0.3) is 10.9 Å². The molecule has 0 amide bonds. The number of aliphatic hydroxyl groups is 1. The van der Waals surface area contributed by atoms with Gasteiger partial charge in [-0.15, -0.1) is 0 Å². The lowest BCUT2D eigenvalue weighted by atomic mass is 9.69. The van der Waals surface area contributed by atoms with Crippen molar-refractivity contribution in [3.8, 4) is 0 Å². The molecule has 0 bridgehead atoms. The van der Waals surface area contributed by atoms with Gasteiger partial charge in [-0.05, 0) is 84.3 Å². The zero-order valence-electron chi connectivity index (χ0n) is 35.1. The van der Waals surface area contributed by atoms with E-state index in [2.05, 4.69) is 22.9 Å². The maximum atomic E-state index is 14.6. The molecule has 1 aromatic carbocycles. The van der Waals surface area contributed by atoms with Gasteiger partial charge < -0.3 is 39.0 Å². The zero-order chi connectivity index (χ0) is 41.1. The smallest absolute Gasteiger partial charge is 0.316 e. The summed E-state index contributed by atoms with van der Waals surface area (Å²) < 4.78 is 32.3. The molecule has 0 spiro atoms. The fourth-order valence-electron chi connectivity index (χ4n) is 9.45. The predicted molar refractivity (Wildman–Crippen MR) is 214 cm³/mol. The van der Waals surface area contributed by atoms with Gasteiger partial charge in [-0.1, -0.05) is 52.5 Å². The first kappa shape index (κ1) is 44.0. The number of Topliss-reactive ketones (excluding diaryl/α,β-unsaturated/α-hetero) is 2. The summed E-state index contributed by atoms with van der Waals surface area (Å²) in [6.07, 6.45) is -1.11. The van der Waals surface area contributed by atoms with Gasteiger partial charge in [-0.25, -0.2) is 0 Å². The van der Waals surface area contributed by atoms with Crippen molar-refractivity contribution in [3.05, 3.63) is 54.2 Å². The van der Waals surface area contributed by atoms with Gasteiger partial charge in [0.2, 0.25) is 0 Å². The van der Waals surface area contributed by atoms with Crippen LogP contribution in [0.3, 0.4) is 0 Å². The van der Waals surface area contributed by atoms with Crippen LogP contribution in [0, 0.1) is 29.6 Å². The number of nitrogens with zero attached hydrogens (tertiary/aromatic N) is 2. The Morgan fingerprint density at radius 1 is 1.05 bits per heavy atom. The van der Waals surface area contributed by atoms with Crippen LogP contribution in [-0.2, 0) is 44.6 Å². The van der Waals surface area contributed by atoms with Crippen molar-refractivity contribution in [2.75, 3.05) is 33.9 Å². The average molecular weight is 780 g/mol. The standard InChI is InChI=1S/C44H65N3O9/c1-12-35-44(9)36(26(3)24-53-44)28(5)37(48)25(2)21-43(8,52-18-17-45-22-31-20-32-15-13-14-16-33(32)46-23-31)40(29(6)38(49)30(7)41(51)55-35)56-42-39(50)34(47(10)11)19-27(4)54-42/h13-16,20,23,25,27-30,34-36,39-40,42,45,50H,3,12,17-19,21-22,24H2,1-2,4-11H3/t25-,27-,28?,29+,30?,34+,35-,36+,39-,40-,42+,43-,44-/m1/s1. The third-order valence-corrected chi connectivity index (χ3v) is 12.6. The molecule has 0 aliphatic carbocycles. The third kappa shape index (κ3) is 9.27. The first-order chi connectivity index (χ1) is 26.4. The second-order valence-corrected chi connectivity index (χ2v) is 17.2. The number of hydrogen-bond acceptors (Lipinski definition) is 12. The van der Waals surface area contributed by atoms with Gasteiger partial charge in [-0.2, -0.15) is 0 Å². The summed E-state index contributed by atoms with van der Waals surface area (Å²) in [5.74, 6) is -4.69. The van der Waals surface area contributed by atoms with E-state index < -0.39 is 77.1 Å². The molecule has 5 rings (SSSR count). The highest BCUT2D eigenvalue weighted by Crippen LogP contribution is 2.46. The number of benzene rings is 1. The number of esters is 1. The number of hydrogen-bond donors (Lipinski definition) is 2. The van der Waals surface area contributed by atoms with Crippen LogP contribution in [0.4, 0.5) is 0 Å². The number of aliphatic hydroxyl groups excluding tert-OH is 1. The monoisotopic (exact) mass is 779 g/mol. The van der Waals surface area contributed by atoms with Crippen LogP contribution in [0.2, 0.25) is 0 Å². The third-order valence-electron chi connectivity index (χ3n) is 12.6. The molecule has 2 N–H and O–H groups in total. The number of carbonyl (C=O) groups is 3. The fraction of sp³-hybridized carbons (Fsp3) is 0.682. The highest BCUT2D eigenvalue weighted by atomic mass is 16.7. The molecule has 3 aliphatic rings. The van der Waals surface area contributed by atoms with Crippen LogP contribution < -0.4 is 5.32 Å². The summed E-state index contributed by atoms with van der Waals surface area (Å²) in [5.41, 5.74) is 0.431. The zero-order valence-corrected chi connectivity index (χ0v) is 35.1. The van der Waals surface area contributed by atoms with E-state index in [4.69, 9.17) is 23.7 Å². The minimum Gasteiger partial charge on any atom is -0.459 e. The van der Waals surface area contributed by atoms with Crippen LogP contribution in [0.5, 0.6) is 0 Å². The Morgan fingerprint density at radius 3 is 2.46 bits per heavy atom. The van der Waals surface area contributed by atoms with Crippen LogP contribution in [-0.4, -0.2) is 114 Å². The summed E-state index contributed by atoms with van der Waals surface area (Å²) in [7, 11) is 3.79. The average Bonchev–Trinajstić information content (AvgIpc) is 3.48. The molecule has 12 nitrogen and oxygen atoms in total. The van der Waals surface area contributed by atoms with E-state index in [9.17, 15) is 19.5 Å². The Hall–Kier alpha value is -3.10. The number of para-hydroxylation sites is 1. The molecule has 0 radical (unpaired) electrons. The molecule has 13 atom stereocenters. The lowest BCUT2D eigenvalue weighted by Crippen LogP contribution is -2.59. The van der Waals surface area contributed by atoms with Crippen molar-refractivity contribution in [1.29, 1.82) is 0 Å². The molecule has 4 heterocycles. The van der Waals surface area contributed by atoms with Crippen molar-refractivity contribution in [2.45, 2.75) is 129 Å². The molecule has 0 saturated carbocycles. The summed E-state index contributed by atoms with van der Waals surface area (Å²) in [6, 6.07) is 9.78. The number of fused-ring (bicyclic) bond motifs is 2. The number of cyclic esters (lactones) is 1. The van der Waals surface area contributed by atoms with Gasteiger partial charge in [0.25, 0.3) is 0 Å². The van der Waals surface area contributed by atoms with E-state index in [1.165, 1.54) is 0 Å². The molecule has 2 unspecified atom stereocenters. The summed E-state index contributed by atoms with van der Waals surface area (Å²) in [4.78, 5) is 49.4. The van der Waals surface area contributed by atoms with Crippen molar-refractivity contribution in [3.63, 3.8) is 0 Å². The Morgan fingerprint density at radius 2 is 1.77 bits per heavy atom. The van der Waals surface area contributed by atoms with Gasteiger partial charge in [0.15, 0.2) is 12.1 Å². The van der Waals surface area contributed by atoms with E-state index in [0.717, 1.165) is 22.0 Å². The Kier molecular flexibility index (Phi) is 14.3. The maximum absolute atomic E-state index is 14.6. The molecular weight excluding hydrogens is 714 g/mol. The molecule has 3 saturated heterocycles. The number of pyridine rings is 1. The van der Waals surface area contributed by atoms with Gasteiger partial charge in [0.05, 0.1) is 36.5 Å². The second kappa shape index (κ2) is 18.2. The van der Waals surface area contributed by atoms with E-state index >= 15 is 0 Å². The van der Waals surface area contributed by atoms with Crippen molar-refractivity contribution < 1.29 is 43.2 Å². The number of carbonyl (C=O) groups excluding carboxylic acids is 3. The van der Waals surface area contributed by atoms with E-state index in [1.54, 1.807) is 13.8 Å². The van der Waals surface area contributed by atoms with Gasteiger partial charge >= 0.3 is 5.97 Å². The number of nitrogens with one attached hydrogen (secondary N) is 1. The Labute approximate surface area is 333 Å². The normalized spacial score (nSPS) is 37.8. The molecule has 3 fully saturated rings. The van der Waals surface area contributed by atoms with Gasteiger partial charge in [-0.3, -0.25) is 19.4 Å². The molecule has 2 aromatic rings. The van der Waals surface area contributed by atoms with E-state index in [0.29, 0.717) is 25.9 Å². The molecule has 1 aromatic heterocycles. The number of rotatable bonds is 10. The lowest BCUT2D eigenvalue weighted by Gasteiger charge is -2.47. The summed E-state index contributed by atoms with van der Waals surface area (Å²) in [5, 5.41) is 16.1. The molecule has 3 aliphatic heterocycles. The Bertz CT molecular complexity index is 1720. The van der Waals surface area contributed by atoms with Crippen molar-refractivity contribution in [2.24, 2.45) is 29.6 Å². The number of ether oxygens (including phenoxy) is 5. The van der Waals surface area contributed by atoms with E-state index in [-0.39, 0.29) is 37.6 Å². The van der Waals surface area contributed by atoms with E-state index in [1.807, 2.05) is 91.0 Å². The van der Waals surface area contributed by atoms with Crippen molar-refractivity contribution >= 4 is 28.4 Å². The highest BCUT2D eigenvalue weighted by Gasteiger charge is 2.55. The maximum Gasteiger partial charge on any atom is 0.316 e. The van der Waals surface area contributed by atoms with Crippen LogP contribution in [0.1, 0.15) is 80.2 Å². The first-order valence-electron chi connectivity index (χ1n) is 20.3. The highest BCUT2D eigenvalue weighted by molar-refractivity contribution is 6.00. The number of likely N-dealkylation sites (N-methyl/N-ethyl adjacent to an activating group) is 1. The molecule has 310 valence electrons. The summed E-state index contributed by atoms with van der Waals surface area (Å²) in [6.45, 7) is 20.3. The minimum absolute atomic E-state index is 0.0239. The number of ketones is 2. The van der Waals surface area contributed by atoms with Gasteiger partial charge in [0, 0.05) is 54.4 Å². The molecule has 56 heavy (non-hydrogen) atoms. The second-order valence-electron chi connectivity index (χ2n) is 17.2. The lowest BCUT2D eigenvalue weighted by molar-refractivity contribution is -0.297. The topological polar surface area (TPSA) is 146 Å². The summed E-state index contributed by atoms with van der Waals surface area (Å²) >= 11 is 0. The SMILES string of the molecule is C=C1CO[C@]2(C)[C@@H](CC)OC(=O)C(C)C(=O)[C@H](C)[C@@H](O[C@@H]3O[C@H](C)C[C@H](N(C)C)[C@H]3O)[C@](C)(OCCNCc3cnc4ccccc4c3)C[C@@H](C)C(=O)C(C)[C@H]12. The van der Waals surface area contributed by atoms with Crippen LogP contribution >= 0.6 is 0 Å².